The molecule has 1 aliphatic heterocycles. The van der Waals surface area contributed by atoms with E-state index < -0.39 is 17.8 Å². The molecule has 1 aliphatic rings. The third-order valence-corrected chi connectivity index (χ3v) is 4.45. The van der Waals surface area contributed by atoms with E-state index in [-0.39, 0.29) is 17.9 Å². The molecule has 0 spiro atoms. The van der Waals surface area contributed by atoms with Crippen molar-refractivity contribution in [2.24, 2.45) is 0 Å². The Bertz CT molecular complexity index is 917. The summed E-state index contributed by atoms with van der Waals surface area (Å²) in [5.74, 6) is -0.727. The molecule has 1 aromatic carbocycles. The highest BCUT2D eigenvalue weighted by atomic mass is 35.5. The van der Waals surface area contributed by atoms with Crippen molar-refractivity contribution in [3.8, 4) is 11.3 Å². The van der Waals surface area contributed by atoms with Gasteiger partial charge in [-0.15, -0.1) is 0 Å². The number of carbonyl (C=O) groups excluding carboxylic acids is 3. The Labute approximate surface area is 153 Å². The van der Waals surface area contributed by atoms with Crippen LogP contribution >= 0.6 is 23.2 Å². The summed E-state index contributed by atoms with van der Waals surface area (Å²) in [6, 6.07) is 7.62. The van der Waals surface area contributed by atoms with E-state index in [0.717, 1.165) is 4.90 Å². The number of imide groups is 2. The first-order valence-electron chi connectivity index (χ1n) is 7.35. The second-order valence-electron chi connectivity index (χ2n) is 5.17. The largest absolute Gasteiger partial charge is 0.457 e. The average Bonchev–Trinajstić information content (AvgIpc) is 3.03. The fourth-order valence-electron chi connectivity index (χ4n) is 2.39. The highest BCUT2D eigenvalue weighted by Crippen LogP contribution is 2.34. The van der Waals surface area contributed by atoms with E-state index >= 15 is 0 Å². The van der Waals surface area contributed by atoms with Gasteiger partial charge in [0, 0.05) is 12.1 Å². The highest BCUT2D eigenvalue weighted by Gasteiger charge is 2.34. The summed E-state index contributed by atoms with van der Waals surface area (Å²) in [7, 11) is 0. The van der Waals surface area contributed by atoms with E-state index in [1.165, 1.54) is 6.08 Å². The minimum Gasteiger partial charge on any atom is -0.457 e. The summed E-state index contributed by atoms with van der Waals surface area (Å²) in [6.07, 6.45) is 1.29. The van der Waals surface area contributed by atoms with E-state index in [1.54, 1.807) is 37.3 Å². The Balaban J connectivity index is 1.96. The molecule has 1 N–H and O–H groups in total. The Morgan fingerprint density at radius 2 is 1.92 bits per heavy atom. The number of carbonyl (C=O) groups is 3. The Morgan fingerprint density at radius 1 is 1.16 bits per heavy atom. The van der Waals surface area contributed by atoms with E-state index in [4.69, 9.17) is 27.6 Å². The topological polar surface area (TPSA) is 79.6 Å². The maximum Gasteiger partial charge on any atom is 0.331 e. The van der Waals surface area contributed by atoms with Crippen LogP contribution in [0.5, 0.6) is 0 Å². The maximum atomic E-state index is 12.3. The first kappa shape index (κ1) is 17.3. The van der Waals surface area contributed by atoms with Gasteiger partial charge in [0.25, 0.3) is 11.8 Å². The van der Waals surface area contributed by atoms with Gasteiger partial charge < -0.3 is 4.42 Å². The van der Waals surface area contributed by atoms with E-state index in [2.05, 4.69) is 5.32 Å². The van der Waals surface area contributed by atoms with Gasteiger partial charge in [-0.25, -0.2) is 4.79 Å². The predicted molar refractivity (Wildman–Crippen MR) is 93.1 cm³/mol. The number of amides is 4. The number of benzene rings is 1. The highest BCUT2D eigenvalue weighted by molar-refractivity contribution is 6.43. The van der Waals surface area contributed by atoms with Crippen LogP contribution in [0.2, 0.25) is 10.0 Å². The smallest absolute Gasteiger partial charge is 0.331 e. The van der Waals surface area contributed by atoms with Gasteiger partial charge in [0.1, 0.15) is 17.1 Å². The second kappa shape index (κ2) is 6.74. The lowest BCUT2D eigenvalue weighted by molar-refractivity contribution is -0.129. The molecule has 0 atom stereocenters. The molecule has 0 bridgehead atoms. The minimum atomic E-state index is -0.765. The molecule has 0 aliphatic carbocycles. The first-order valence-corrected chi connectivity index (χ1v) is 8.11. The fourth-order valence-corrected chi connectivity index (χ4v) is 2.79. The zero-order valence-electron chi connectivity index (χ0n) is 13.0. The third-order valence-electron chi connectivity index (χ3n) is 3.63. The molecule has 0 radical (unpaired) electrons. The number of likely N-dealkylation sites (N-methyl/N-ethyl adjacent to an activating group) is 1. The SMILES string of the molecule is CCN1C(=O)NC(=O)C(=Cc2ccc(-c3cccc(Cl)c3Cl)o2)C1=O. The van der Waals surface area contributed by atoms with Gasteiger partial charge in [0.2, 0.25) is 0 Å². The molecular weight excluding hydrogens is 367 g/mol. The standard InChI is InChI=1S/C17H12Cl2N2O4/c1-2-21-16(23)11(15(22)20-17(21)24)8-9-6-7-13(25-9)10-4-3-5-12(18)14(10)19/h3-8H,2H2,1H3,(H,20,22,24). The molecular formula is C17H12Cl2N2O4. The summed E-state index contributed by atoms with van der Waals surface area (Å²) in [5, 5.41) is 2.84. The number of hydrogen-bond acceptors (Lipinski definition) is 4. The molecule has 6 nitrogen and oxygen atoms in total. The van der Waals surface area contributed by atoms with Crippen molar-refractivity contribution >= 4 is 47.1 Å². The number of barbiturate groups is 1. The van der Waals surface area contributed by atoms with Crippen LogP contribution in [-0.2, 0) is 9.59 Å². The van der Waals surface area contributed by atoms with E-state index in [0.29, 0.717) is 21.4 Å². The number of nitrogens with zero attached hydrogens (tertiary/aromatic N) is 1. The first-order chi connectivity index (χ1) is 11.9. The van der Waals surface area contributed by atoms with Crippen LogP contribution in [0, 0.1) is 0 Å². The zero-order chi connectivity index (χ0) is 18.1. The molecule has 2 aromatic rings. The van der Waals surface area contributed by atoms with Gasteiger partial charge in [0.15, 0.2) is 0 Å². The Kier molecular flexibility index (Phi) is 4.65. The molecule has 2 heterocycles. The average molecular weight is 379 g/mol. The lowest BCUT2D eigenvalue weighted by Gasteiger charge is -2.24. The summed E-state index contributed by atoms with van der Waals surface area (Å²) >= 11 is 12.1. The third kappa shape index (κ3) is 3.18. The lowest BCUT2D eigenvalue weighted by atomic mass is 10.1. The molecule has 0 saturated carbocycles. The molecule has 1 aromatic heterocycles. The van der Waals surface area contributed by atoms with Gasteiger partial charge in [-0.3, -0.25) is 19.8 Å². The van der Waals surface area contributed by atoms with Gasteiger partial charge in [-0.2, -0.15) is 0 Å². The minimum absolute atomic E-state index is 0.150. The monoisotopic (exact) mass is 378 g/mol. The summed E-state index contributed by atoms with van der Waals surface area (Å²) < 4.78 is 5.65. The van der Waals surface area contributed by atoms with Crippen molar-refractivity contribution in [3.05, 3.63) is 51.7 Å². The van der Waals surface area contributed by atoms with Crippen molar-refractivity contribution in [3.63, 3.8) is 0 Å². The van der Waals surface area contributed by atoms with Crippen LogP contribution in [0.4, 0.5) is 4.79 Å². The molecule has 3 rings (SSSR count). The van der Waals surface area contributed by atoms with Crippen LogP contribution in [0.25, 0.3) is 17.4 Å². The number of rotatable bonds is 3. The lowest BCUT2D eigenvalue weighted by Crippen LogP contribution is -2.53. The van der Waals surface area contributed by atoms with Crippen LogP contribution in [0.3, 0.4) is 0 Å². The Morgan fingerprint density at radius 3 is 2.64 bits per heavy atom. The van der Waals surface area contributed by atoms with Crippen LogP contribution in [0.15, 0.2) is 40.3 Å². The van der Waals surface area contributed by atoms with Crippen LogP contribution in [0.1, 0.15) is 12.7 Å². The summed E-state index contributed by atoms with van der Waals surface area (Å²) in [4.78, 5) is 36.7. The molecule has 4 amide bonds. The quantitative estimate of drug-likeness (QED) is 0.651. The van der Waals surface area contributed by atoms with E-state index in [1.807, 2.05) is 0 Å². The van der Waals surface area contributed by atoms with Crippen molar-refractivity contribution in [2.75, 3.05) is 6.54 Å². The number of furan rings is 1. The van der Waals surface area contributed by atoms with Crippen molar-refractivity contribution in [1.29, 1.82) is 0 Å². The Hall–Kier alpha value is -2.57. The molecule has 8 heteroatoms. The molecule has 25 heavy (non-hydrogen) atoms. The summed E-state index contributed by atoms with van der Waals surface area (Å²) in [6.45, 7) is 1.79. The number of hydrogen-bond donors (Lipinski definition) is 1. The predicted octanol–water partition coefficient (Wildman–Crippen LogP) is 3.74. The van der Waals surface area contributed by atoms with Gasteiger partial charge in [-0.1, -0.05) is 29.3 Å². The maximum absolute atomic E-state index is 12.3. The van der Waals surface area contributed by atoms with Crippen LogP contribution in [-0.4, -0.2) is 29.3 Å². The number of urea groups is 1. The number of halogens is 2. The van der Waals surface area contributed by atoms with E-state index in [9.17, 15) is 14.4 Å². The van der Waals surface area contributed by atoms with Gasteiger partial charge in [0.05, 0.1) is 10.0 Å². The number of nitrogens with one attached hydrogen (secondary N) is 1. The second-order valence-corrected chi connectivity index (χ2v) is 5.96. The van der Waals surface area contributed by atoms with Crippen molar-refractivity contribution in [2.45, 2.75) is 6.92 Å². The van der Waals surface area contributed by atoms with Crippen molar-refractivity contribution in [1.82, 2.24) is 10.2 Å². The molecule has 1 fully saturated rings. The molecule has 128 valence electrons. The molecule has 0 unspecified atom stereocenters. The molecule has 1 saturated heterocycles. The van der Waals surface area contributed by atoms with Crippen molar-refractivity contribution < 1.29 is 18.8 Å². The normalized spacial score (nSPS) is 16.5. The van der Waals surface area contributed by atoms with Gasteiger partial charge >= 0.3 is 6.03 Å². The van der Waals surface area contributed by atoms with Crippen LogP contribution < -0.4 is 5.32 Å². The zero-order valence-corrected chi connectivity index (χ0v) is 14.5. The van der Waals surface area contributed by atoms with Gasteiger partial charge in [-0.05, 0) is 37.3 Å². The summed E-state index contributed by atoms with van der Waals surface area (Å²) in [5.41, 5.74) is 0.406. The fraction of sp³-hybridized carbons (Fsp3) is 0.118.